The maximum absolute atomic E-state index is 12.8. The van der Waals surface area contributed by atoms with E-state index in [2.05, 4.69) is 9.97 Å². The molecule has 0 N–H and O–H groups in total. The summed E-state index contributed by atoms with van der Waals surface area (Å²) in [5.74, 6) is 0. The molecule has 0 aromatic carbocycles. The van der Waals surface area contributed by atoms with Crippen LogP contribution in [0.2, 0.25) is 20.1 Å². The van der Waals surface area contributed by atoms with Crippen LogP contribution in [0, 0.1) is 0 Å². The van der Waals surface area contributed by atoms with Gasteiger partial charge >= 0.3 is 17.1 Å². The average molecular weight is 957 g/mol. The van der Waals surface area contributed by atoms with Gasteiger partial charge in [0.1, 0.15) is 57.2 Å². The molecule has 16 nitrogen and oxygen atoms in total. The maximum atomic E-state index is 12.8. The molecule has 2 aliphatic heterocycles. The summed E-state index contributed by atoms with van der Waals surface area (Å²) in [6, 6.07) is 0.210. The van der Waals surface area contributed by atoms with Gasteiger partial charge in [0.2, 0.25) is 0 Å². The number of rotatable bonds is 4. The second-order valence-corrected chi connectivity index (χ2v) is 17.2. The maximum Gasteiger partial charge on any atom is 4.00 e. The van der Waals surface area contributed by atoms with E-state index in [9.17, 15) is 51.9 Å². The molecule has 5 heterocycles. The van der Waals surface area contributed by atoms with E-state index in [0.717, 1.165) is 6.08 Å². The fourth-order valence-corrected chi connectivity index (χ4v) is 11.1. The van der Waals surface area contributed by atoms with Crippen LogP contribution in [0.5, 0.6) is 0 Å². The zero-order chi connectivity index (χ0) is 36.4. The van der Waals surface area contributed by atoms with Crippen molar-refractivity contribution in [3.8, 4) is 0 Å². The molecule has 3 aromatic heterocycles. The summed E-state index contributed by atoms with van der Waals surface area (Å²) in [6.45, 7) is 0. The Hall–Kier alpha value is -0.921. The summed E-state index contributed by atoms with van der Waals surface area (Å²) in [5, 5.41) is -4.68. The first kappa shape index (κ1) is 40.8. The van der Waals surface area contributed by atoms with Crippen LogP contribution in [0.1, 0.15) is 22.8 Å². The molecule has 49 heavy (non-hydrogen) atoms. The molecule has 29 heteroatoms. The quantitative estimate of drug-likeness (QED) is 0.248. The van der Waals surface area contributed by atoms with E-state index in [1.165, 1.54) is 0 Å². The van der Waals surface area contributed by atoms with Crippen LogP contribution in [0.3, 0.4) is 0 Å². The molecule has 3 aromatic rings. The van der Waals surface area contributed by atoms with Gasteiger partial charge in [-0.15, -0.1) is 0 Å². The van der Waals surface area contributed by atoms with Gasteiger partial charge in [-0.2, -0.15) is 0 Å². The fourth-order valence-electron chi connectivity index (χ4n) is 4.48. The Bertz CT molecular complexity index is 2770. The molecular weight excluding hydrogens is 955 g/mol. The van der Waals surface area contributed by atoms with Crippen LogP contribution in [0.4, 0.5) is 0 Å². The number of halogens is 8. The summed E-state index contributed by atoms with van der Waals surface area (Å²) < 4.78 is 151. The third-order valence-corrected chi connectivity index (χ3v) is 12.8. The van der Waals surface area contributed by atoms with Gasteiger partial charge in [-0.3, -0.25) is 0 Å². The Morgan fingerprint density at radius 2 is 1.02 bits per heavy atom. The van der Waals surface area contributed by atoms with E-state index in [1.807, 2.05) is 0 Å². The third-order valence-electron chi connectivity index (χ3n) is 6.17. The van der Waals surface area contributed by atoms with Crippen molar-refractivity contribution < 1.29 is 69.0 Å². The smallest absolute Gasteiger partial charge is 0.744 e. The molecule has 0 saturated carbocycles. The predicted octanol–water partition coefficient (Wildman–Crippen LogP) is 4.94. The molecule has 1 radical (unpaired) electrons. The third kappa shape index (κ3) is 6.75. The first-order valence-electron chi connectivity index (χ1n) is 11.2. The number of hydrogen-bond donors (Lipinski definition) is 0. The SMILES string of the molecule is O=S(=O)([O-])c1c(S(=O)(=O)[O-])c2c(S(=O)(=O)[O-])c3nc(c(Cl)c4c(Cl)c(Cl)c(c(Cl)c5nc(cc1n2S(=O)(=O)[O-])C=C5Cl)n4Cl)C(Cl)=C3Cl.[Mn+4]. The molecular formula is C20H2Cl8MnN4O12S4. The fraction of sp³-hybridized carbons (Fsp3) is 0. The van der Waals surface area contributed by atoms with Crippen molar-refractivity contribution in [3.63, 3.8) is 0 Å². The first-order chi connectivity index (χ1) is 21.7. The second-order valence-electron chi connectivity index (χ2n) is 9.00. The standard InChI is InChI=1S/C20H6Cl8N4O12S4.Mn/c21-4-1-3-2-5-18(45(33,34)35)20(47(39,40)41)17(32(5)48(42,43)44)19(46(36,37)38)14-7(23)6(22)13(30-14)11(27)16-9(25)8(24)15(31(16)28)10(26)12(4)29-3;/h1-2H,(H,33,34,35)(H,36,37,38)(H,39,40,41)(H,42,43,44);/q;+4/p-4. The Kier molecular flexibility index (Phi) is 11.0. The minimum absolute atomic E-state index is 0. The summed E-state index contributed by atoms with van der Waals surface area (Å²) in [5.41, 5.74) is -8.54. The van der Waals surface area contributed by atoms with E-state index in [4.69, 9.17) is 93.0 Å². The average Bonchev–Trinajstić information content (AvgIpc) is 3.59. The number of fused-ring (bicyclic) bond motifs is 8. The summed E-state index contributed by atoms with van der Waals surface area (Å²) >= 11 is 50.7. The Labute approximate surface area is 324 Å². The Balaban J connectivity index is 0.00000541. The first-order valence-corrected chi connectivity index (χ1v) is 19.8. The molecule has 0 unspecified atom stereocenters. The van der Waals surface area contributed by atoms with E-state index >= 15 is 0 Å². The van der Waals surface area contributed by atoms with Gasteiger partial charge < -0.3 is 18.2 Å². The van der Waals surface area contributed by atoms with Crippen molar-refractivity contribution in [1.29, 1.82) is 0 Å². The summed E-state index contributed by atoms with van der Waals surface area (Å²) in [7, 11) is -25.9. The molecule has 0 amide bonds. The molecule has 0 atom stereocenters. The molecule has 0 spiro atoms. The van der Waals surface area contributed by atoms with Gasteiger partial charge in [0.05, 0.1) is 67.8 Å². The van der Waals surface area contributed by atoms with E-state index in [-0.39, 0.29) is 23.1 Å². The monoisotopic (exact) mass is 953 g/mol. The van der Waals surface area contributed by atoms with Gasteiger partial charge in [-0.05, 0) is 12.1 Å². The topological polar surface area (TPSA) is 264 Å². The van der Waals surface area contributed by atoms with Crippen LogP contribution in [-0.2, 0) is 57.7 Å². The second kappa shape index (κ2) is 13.2. The van der Waals surface area contributed by atoms with Crippen molar-refractivity contribution in [2.24, 2.45) is 0 Å². The van der Waals surface area contributed by atoms with Crippen molar-refractivity contribution in [2.45, 2.75) is 14.7 Å². The zero-order valence-corrected chi connectivity index (χ0v) is 32.4. The molecule has 0 aliphatic carbocycles. The van der Waals surface area contributed by atoms with Crippen LogP contribution in [-0.4, -0.2) is 69.9 Å². The number of nitrogens with zero attached hydrogens (tertiary/aromatic N) is 4. The molecule has 0 fully saturated rings. The zero-order valence-electron chi connectivity index (χ0n) is 21.9. The summed E-state index contributed by atoms with van der Waals surface area (Å²) in [4.78, 5) is 0.577. The van der Waals surface area contributed by atoms with E-state index in [0.29, 0.717) is 4.09 Å². The van der Waals surface area contributed by atoms with Gasteiger partial charge in [-0.25, -0.2) is 51.7 Å². The van der Waals surface area contributed by atoms with Crippen molar-refractivity contribution >= 4 is 177 Å². The van der Waals surface area contributed by atoms with Gasteiger partial charge in [0.15, 0.2) is 10.3 Å². The number of hydrogen-bond acceptors (Lipinski definition) is 14. The molecule has 2 aliphatic rings. The summed E-state index contributed by atoms with van der Waals surface area (Å²) in [6.07, 6.45) is 0.783. The van der Waals surface area contributed by atoms with Crippen molar-refractivity contribution in [3.05, 3.63) is 48.9 Å². The van der Waals surface area contributed by atoms with Crippen LogP contribution in [0.25, 0.3) is 43.2 Å². The Morgan fingerprint density at radius 3 is 1.47 bits per heavy atom. The Morgan fingerprint density at radius 1 is 0.571 bits per heavy atom. The van der Waals surface area contributed by atoms with Crippen molar-refractivity contribution in [1.82, 2.24) is 18.0 Å². The van der Waals surface area contributed by atoms with E-state index in [1.54, 1.807) is 0 Å². The molecule has 261 valence electrons. The predicted molar refractivity (Wildman–Crippen MR) is 171 cm³/mol. The molecule has 0 saturated heterocycles. The molecule has 8 bridgehead atoms. The van der Waals surface area contributed by atoms with Crippen LogP contribution in [0.15, 0.2) is 20.8 Å². The van der Waals surface area contributed by atoms with Crippen molar-refractivity contribution in [2.75, 3.05) is 0 Å². The minimum Gasteiger partial charge on any atom is -0.744 e. The van der Waals surface area contributed by atoms with Crippen LogP contribution >= 0.6 is 93.0 Å². The van der Waals surface area contributed by atoms with Gasteiger partial charge in [0, 0.05) is 11.8 Å². The molecule has 5 rings (SSSR count). The van der Waals surface area contributed by atoms with Gasteiger partial charge in [-0.1, -0.05) is 81.2 Å². The van der Waals surface area contributed by atoms with E-state index < -0.39 is 139 Å². The minimum atomic E-state index is -6.56. The largest absolute Gasteiger partial charge is 4.00 e. The van der Waals surface area contributed by atoms with Crippen LogP contribution < -0.4 is 0 Å². The number of aromatic nitrogens is 4. The van der Waals surface area contributed by atoms with Gasteiger partial charge in [0.25, 0.3) is 0 Å². The normalized spacial score (nSPS) is 14.2.